The summed E-state index contributed by atoms with van der Waals surface area (Å²) in [6, 6.07) is 5.11. The average Bonchev–Trinajstić information content (AvgIpc) is 2.70. The molecule has 0 spiro atoms. The van der Waals surface area contributed by atoms with Crippen molar-refractivity contribution in [1.82, 2.24) is 5.32 Å². The Morgan fingerprint density at radius 3 is 2.93 bits per heavy atom. The third-order valence-electron chi connectivity index (χ3n) is 2.68. The molecule has 76 valence electrons. The molecule has 1 aromatic carbocycles. The van der Waals surface area contributed by atoms with Crippen LogP contribution in [0.4, 0.5) is 4.39 Å². The highest BCUT2D eigenvalue weighted by Gasteiger charge is 2.19. The van der Waals surface area contributed by atoms with Crippen LogP contribution >= 0.6 is 0 Å². The van der Waals surface area contributed by atoms with Crippen molar-refractivity contribution in [3.05, 3.63) is 35.1 Å². The lowest BCUT2D eigenvalue weighted by Crippen LogP contribution is -2.14. The second kappa shape index (κ2) is 4.07. The maximum atomic E-state index is 13.5. The Morgan fingerprint density at radius 2 is 2.36 bits per heavy atom. The molecule has 2 rings (SSSR count). The van der Waals surface area contributed by atoms with Crippen LogP contribution in [-0.4, -0.2) is 11.7 Å². The third kappa shape index (κ3) is 1.79. The van der Waals surface area contributed by atoms with Crippen LogP contribution in [0.15, 0.2) is 18.2 Å². The first-order chi connectivity index (χ1) is 6.81. The first-order valence-corrected chi connectivity index (χ1v) is 4.94. The van der Waals surface area contributed by atoms with Gasteiger partial charge in [0.1, 0.15) is 5.82 Å². The summed E-state index contributed by atoms with van der Waals surface area (Å²) in [5.74, 6) is -0.212. The summed E-state index contributed by atoms with van der Waals surface area (Å²) in [5.41, 5.74) is 1.35. The van der Waals surface area contributed by atoms with Crippen molar-refractivity contribution in [2.24, 2.45) is 0 Å². The van der Waals surface area contributed by atoms with Crippen molar-refractivity contribution in [2.75, 3.05) is 6.54 Å². The van der Waals surface area contributed by atoms with Crippen molar-refractivity contribution in [3.8, 4) is 0 Å². The van der Waals surface area contributed by atoms with Gasteiger partial charge in [-0.25, -0.2) is 4.39 Å². The second-order valence-electron chi connectivity index (χ2n) is 3.66. The zero-order valence-corrected chi connectivity index (χ0v) is 7.96. The van der Waals surface area contributed by atoms with Gasteiger partial charge in [0.25, 0.3) is 0 Å². The molecule has 0 unspecified atom stereocenters. The zero-order chi connectivity index (χ0) is 9.97. The van der Waals surface area contributed by atoms with Gasteiger partial charge in [0.15, 0.2) is 0 Å². The van der Waals surface area contributed by atoms with E-state index in [2.05, 4.69) is 5.32 Å². The standard InChI is InChI=1S/C11H14FNO/c12-10-6-8(7-14)3-4-9(10)11-2-1-5-13-11/h3-4,6,11,13-14H,1-2,5,7H2/t11-/m1/s1. The van der Waals surface area contributed by atoms with Crippen LogP contribution < -0.4 is 5.32 Å². The fraction of sp³-hybridized carbons (Fsp3) is 0.455. The molecule has 1 aliphatic rings. The van der Waals surface area contributed by atoms with Gasteiger partial charge in [-0.05, 0) is 31.0 Å². The van der Waals surface area contributed by atoms with Crippen molar-refractivity contribution >= 4 is 0 Å². The van der Waals surface area contributed by atoms with Gasteiger partial charge >= 0.3 is 0 Å². The molecule has 2 N–H and O–H groups in total. The molecule has 1 aromatic rings. The van der Waals surface area contributed by atoms with Gasteiger partial charge in [0.2, 0.25) is 0 Å². The molecule has 0 amide bonds. The van der Waals surface area contributed by atoms with E-state index >= 15 is 0 Å². The number of hydrogen-bond donors (Lipinski definition) is 2. The summed E-state index contributed by atoms with van der Waals surface area (Å²) in [4.78, 5) is 0. The fourth-order valence-electron chi connectivity index (χ4n) is 1.90. The number of rotatable bonds is 2. The number of benzene rings is 1. The number of nitrogens with one attached hydrogen (secondary N) is 1. The van der Waals surface area contributed by atoms with Gasteiger partial charge in [-0.1, -0.05) is 12.1 Å². The molecule has 1 fully saturated rings. The van der Waals surface area contributed by atoms with E-state index in [1.165, 1.54) is 6.07 Å². The van der Waals surface area contributed by atoms with E-state index in [4.69, 9.17) is 5.11 Å². The van der Waals surface area contributed by atoms with Crippen molar-refractivity contribution in [1.29, 1.82) is 0 Å². The van der Waals surface area contributed by atoms with Crippen LogP contribution in [-0.2, 0) is 6.61 Å². The lowest BCUT2D eigenvalue weighted by atomic mass is 10.0. The SMILES string of the molecule is OCc1ccc([C@H]2CCCN2)c(F)c1. The van der Waals surface area contributed by atoms with E-state index < -0.39 is 0 Å². The Morgan fingerprint density at radius 1 is 1.50 bits per heavy atom. The minimum Gasteiger partial charge on any atom is -0.392 e. The van der Waals surface area contributed by atoms with Crippen molar-refractivity contribution in [2.45, 2.75) is 25.5 Å². The molecular formula is C11H14FNO. The third-order valence-corrected chi connectivity index (χ3v) is 2.68. The summed E-state index contributed by atoms with van der Waals surface area (Å²) in [6.45, 7) is 0.862. The molecule has 1 aliphatic heterocycles. The molecule has 2 nitrogen and oxygen atoms in total. The molecule has 0 saturated carbocycles. The topological polar surface area (TPSA) is 32.3 Å². The first kappa shape index (κ1) is 9.62. The summed E-state index contributed by atoms with van der Waals surface area (Å²) in [6.07, 6.45) is 2.10. The lowest BCUT2D eigenvalue weighted by Gasteiger charge is -2.12. The molecule has 1 atom stereocenters. The highest BCUT2D eigenvalue weighted by Crippen LogP contribution is 2.25. The zero-order valence-electron chi connectivity index (χ0n) is 7.96. The molecule has 0 radical (unpaired) electrons. The van der Waals surface area contributed by atoms with E-state index in [0.717, 1.165) is 24.9 Å². The summed E-state index contributed by atoms with van der Waals surface area (Å²) in [5, 5.41) is 12.1. The Hall–Kier alpha value is -0.930. The van der Waals surface area contributed by atoms with Crippen molar-refractivity contribution in [3.63, 3.8) is 0 Å². The average molecular weight is 195 g/mol. The number of aliphatic hydroxyl groups excluding tert-OH is 1. The normalized spacial score (nSPS) is 21.4. The van der Waals surface area contributed by atoms with Crippen LogP contribution in [0.1, 0.15) is 30.0 Å². The monoisotopic (exact) mass is 195 g/mol. The number of hydrogen-bond acceptors (Lipinski definition) is 2. The summed E-state index contributed by atoms with van der Waals surface area (Å²) < 4.78 is 13.5. The van der Waals surface area contributed by atoms with Gasteiger partial charge in [0.05, 0.1) is 6.61 Å². The lowest BCUT2D eigenvalue weighted by molar-refractivity contribution is 0.281. The molecule has 1 saturated heterocycles. The minimum absolute atomic E-state index is 0.102. The Kier molecular flexibility index (Phi) is 2.79. The molecule has 0 aliphatic carbocycles. The number of aliphatic hydroxyl groups is 1. The van der Waals surface area contributed by atoms with E-state index in [-0.39, 0.29) is 18.5 Å². The first-order valence-electron chi connectivity index (χ1n) is 4.94. The van der Waals surface area contributed by atoms with E-state index in [9.17, 15) is 4.39 Å². The predicted molar refractivity (Wildman–Crippen MR) is 52.3 cm³/mol. The van der Waals surface area contributed by atoms with Gasteiger partial charge in [-0.3, -0.25) is 0 Å². The van der Waals surface area contributed by atoms with Crippen LogP contribution in [0, 0.1) is 5.82 Å². The van der Waals surface area contributed by atoms with Crippen LogP contribution in [0.5, 0.6) is 0 Å². The highest BCUT2D eigenvalue weighted by atomic mass is 19.1. The molecule has 0 bridgehead atoms. The summed E-state index contributed by atoms with van der Waals surface area (Å²) in [7, 11) is 0. The van der Waals surface area contributed by atoms with E-state index in [1.807, 2.05) is 0 Å². The highest BCUT2D eigenvalue weighted by molar-refractivity contribution is 5.27. The maximum absolute atomic E-state index is 13.5. The Bertz CT molecular complexity index is 321. The van der Waals surface area contributed by atoms with Crippen LogP contribution in [0.3, 0.4) is 0 Å². The maximum Gasteiger partial charge on any atom is 0.128 e. The van der Waals surface area contributed by atoms with E-state index in [1.54, 1.807) is 12.1 Å². The smallest absolute Gasteiger partial charge is 0.128 e. The van der Waals surface area contributed by atoms with Crippen molar-refractivity contribution < 1.29 is 9.50 Å². The predicted octanol–water partition coefficient (Wildman–Crippen LogP) is 1.74. The van der Waals surface area contributed by atoms with Gasteiger partial charge < -0.3 is 10.4 Å². The summed E-state index contributed by atoms with van der Waals surface area (Å²) >= 11 is 0. The number of halogens is 1. The van der Waals surface area contributed by atoms with Gasteiger partial charge in [0, 0.05) is 11.6 Å². The molecule has 14 heavy (non-hydrogen) atoms. The quantitative estimate of drug-likeness (QED) is 0.753. The van der Waals surface area contributed by atoms with Crippen LogP contribution in [0.25, 0.3) is 0 Å². The van der Waals surface area contributed by atoms with Gasteiger partial charge in [-0.2, -0.15) is 0 Å². The molecular weight excluding hydrogens is 181 g/mol. The second-order valence-corrected chi connectivity index (χ2v) is 3.66. The van der Waals surface area contributed by atoms with Crippen LogP contribution in [0.2, 0.25) is 0 Å². The fourth-order valence-corrected chi connectivity index (χ4v) is 1.90. The van der Waals surface area contributed by atoms with E-state index in [0.29, 0.717) is 5.56 Å². The minimum atomic E-state index is -0.212. The molecule has 3 heteroatoms. The molecule has 0 aromatic heterocycles. The van der Waals surface area contributed by atoms with Gasteiger partial charge in [-0.15, -0.1) is 0 Å². The Balaban J connectivity index is 2.25. The largest absolute Gasteiger partial charge is 0.392 e. The Labute approximate surface area is 82.8 Å². The molecule has 1 heterocycles.